The maximum atomic E-state index is 5.43. The van der Waals surface area contributed by atoms with E-state index in [9.17, 15) is 0 Å². The fourth-order valence-electron chi connectivity index (χ4n) is 1.13. The highest BCUT2D eigenvalue weighted by molar-refractivity contribution is 5.28. The lowest BCUT2D eigenvalue weighted by Gasteiger charge is -2.07. The van der Waals surface area contributed by atoms with Crippen molar-refractivity contribution in [2.24, 2.45) is 0 Å². The Balaban J connectivity index is 2.59. The Bertz CT molecular complexity index is 236. The summed E-state index contributed by atoms with van der Waals surface area (Å²) in [6.45, 7) is 7.05. The summed E-state index contributed by atoms with van der Waals surface area (Å²) in [5.41, 5.74) is 1.35. The van der Waals surface area contributed by atoms with Gasteiger partial charge < -0.3 is 4.74 Å². The third-order valence-corrected chi connectivity index (χ3v) is 1.96. The molecule has 1 rings (SSSR count). The second kappa shape index (κ2) is 4.90. The first kappa shape index (κ1) is 10.1. The Hall–Kier alpha value is -0.980. The van der Waals surface area contributed by atoms with Crippen LogP contribution in [0.15, 0.2) is 24.3 Å². The van der Waals surface area contributed by atoms with Crippen molar-refractivity contribution in [2.75, 3.05) is 6.61 Å². The second-order valence-corrected chi connectivity index (χ2v) is 3.44. The summed E-state index contributed by atoms with van der Waals surface area (Å²) >= 11 is 0. The van der Waals surface area contributed by atoms with Crippen LogP contribution in [0.2, 0.25) is 0 Å². The Morgan fingerprint density at radius 2 is 1.85 bits per heavy atom. The predicted octanol–water partition coefficient (Wildman–Crippen LogP) is 3.41. The zero-order valence-electron chi connectivity index (χ0n) is 8.58. The van der Waals surface area contributed by atoms with Gasteiger partial charge in [0.1, 0.15) is 5.75 Å². The first-order valence-corrected chi connectivity index (χ1v) is 4.74. The van der Waals surface area contributed by atoms with Gasteiger partial charge in [0.15, 0.2) is 0 Å². The molecule has 1 radical (unpaired) electrons. The molecule has 0 bridgehead atoms. The first-order chi connectivity index (χ1) is 6.24. The molecule has 0 atom stereocenters. The Morgan fingerprint density at radius 3 is 2.31 bits per heavy atom. The van der Waals surface area contributed by atoms with E-state index in [1.54, 1.807) is 0 Å². The van der Waals surface area contributed by atoms with Crippen molar-refractivity contribution >= 4 is 0 Å². The average molecular weight is 177 g/mol. The maximum absolute atomic E-state index is 5.43. The highest BCUT2D eigenvalue weighted by Crippen LogP contribution is 2.18. The molecule has 0 aromatic heterocycles. The largest absolute Gasteiger partial charge is 0.493 e. The standard InChI is InChI=1S/C12H17O/c1-4-9-13-12-7-5-11(6-8-12)10(2)3/h4-8,10H,9H2,1-3H3. The van der Waals surface area contributed by atoms with E-state index in [4.69, 9.17) is 4.74 Å². The zero-order chi connectivity index (χ0) is 9.68. The Kier molecular flexibility index (Phi) is 3.81. The molecule has 13 heavy (non-hydrogen) atoms. The molecule has 0 aliphatic rings. The summed E-state index contributed by atoms with van der Waals surface area (Å²) in [5, 5.41) is 0. The molecule has 0 aliphatic carbocycles. The van der Waals surface area contributed by atoms with Gasteiger partial charge in [0.05, 0.1) is 6.61 Å². The summed E-state index contributed by atoms with van der Waals surface area (Å²) in [5.74, 6) is 1.54. The van der Waals surface area contributed by atoms with Gasteiger partial charge in [0, 0.05) is 0 Å². The minimum atomic E-state index is 0.590. The van der Waals surface area contributed by atoms with Crippen LogP contribution in [0.4, 0.5) is 0 Å². The summed E-state index contributed by atoms with van der Waals surface area (Å²) in [7, 11) is 0. The van der Waals surface area contributed by atoms with E-state index in [2.05, 4.69) is 26.0 Å². The SMILES string of the molecule is C[CH]COc1ccc(C(C)C)cc1. The van der Waals surface area contributed by atoms with Gasteiger partial charge in [-0.3, -0.25) is 0 Å². The van der Waals surface area contributed by atoms with Crippen molar-refractivity contribution in [2.45, 2.75) is 26.7 Å². The van der Waals surface area contributed by atoms with E-state index in [-0.39, 0.29) is 0 Å². The smallest absolute Gasteiger partial charge is 0.119 e. The number of rotatable bonds is 4. The van der Waals surface area contributed by atoms with E-state index in [1.807, 2.05) is 25.5 Å². The number of hydrogen-bond donors (Lipinski definition) is 0. The molecule has 1 aromatic carbocycles. The van der Waals surface area contributed by atoms with Crippen molar-refractivity contribution in [1.29, 1.82) is 0 Å². The summed E-state index contributed by atoms with van der Waals surface area (Å²) in [4.78, 5) is 0. The summed E-state index contributed by atoms with van der Waals surface area (Å²) < 4.78 is 5.43. The number of benzene rings is 1. The minimum absolute atomic E-state index is 0.590. The molecule has 0 saturated carbocycles. The molecule has 1 nitrogen and oxygen atoms in total. The van der Waals surface area contributed by atoms with E-state index in [0.29, 0.717) is 12.5 Å². The fraction of sp³-hybridized carbons (Fsp3) is 0.417. The van der Waals surface area contributed by atoms with Gasteiger partial charge >= 0.3 is 0 Å². The van der Waals surface area contributed by atoms with Crippen LogP contribution < -0.4 is 4.74 Å². The molecule has 71 valence electrons. The third-order valence-electron chi connectivity index (χ3n) is 1.96. The minimum Gasteiger partial charge on any atom is -0.493 e. The second-order valence-electron chi connectivity index (χ2n) is 3.44. The first-order valence-electron chi connectivity index (χ1n) is 4.74. The van der Waals surface area contributed by atoms with Crippen molar-refractivity contribution in [3.8, 4) is 5.75 Å². The zero-order valence-corrected chi connectivity index (χ0v) is 8.58. The van der Waals surface area contributed by atoms with Crippen LogP contribution in [-0.4, -0.2) is 6.61 Å². The van der Waals surface area contributed by atoms with Crippen molar-refractivity contribution < 1.29 is 4.74 Å². The van der Waals surface area contributed by atoms with Crippen LogP contribution >= 0.6 is 0 Å². The Morgan fingerprint density at radius 1 is 1.23 bits per heavy atom. The van der Waals surface area contributed by atoms with Crippen molar-refractivity contribution in [3.63, 3.8) is 0 Å². The molecule has 0 spiro atoms. The molecule has 0 unspecified atom stereocenters. The van der Waals surface area contributed by atoms with Crippen LogP contribution in [0.5, 0.6) is 5.75 Å². The van der Waals surface area contributed by atoms with Gasteiger partial charge in [-0.15, -0.1) is 0 Å². The molecule has 0 heterocycles. The van der Waals surface area contributed by atoms with Gasteiger partial charge in [0.2, 0.25) is 0 Å². The maximum Gasteiger partial charge on any atom is 0.119 e. The summed E-state index contributed by atoms with van der Waals surface area (Å²) in [6, 6.07) is 8.29. The lowest BCUT2D eigenvalue weighted by molar-refractivity contribution is 0.349. The molecule has 0 amide bonds. The van der Waals surface area contributed by atoms with Gasteiger partial charge in [-0.05, 0) is 30.0 Å². The van der Waals surface area contributed by atoms with E-state index in [0.717, 1.165) is 5.75 Å². The molecular formula is C12H17O. The molecule has 0 saturated heterocycles. The van der Waals surface area contributed by atoms with Gasteiger partial charge in [-0.2, -0.15) is 0 Å². The monoisotopic (exact) mass is 177 g/mol. The lowest BCUT2D eigenvalue weighted by atomic mass is 10.0. The van der Waals surface area contributed by atoms with Gasteiger partial charge in [-0.1, -0.05) is 32.9 Å². The molecule has 0 N–H and O–H groups in total. The summed E-state index contributed by atoms with van der Waals surface area (Å²) in [6.07, 6.45) is 2.00. The van der Waals surface area contributed by atoms with Crippen LogP contribution in [0.3, 0.4) is 0 Å². The third kappa shape index (κ3) is 3.10. The number of ether oxygens (including phenoxy) is 1. The topological polar surface area (TPSA) is 9.23 Å². The van der Waals surface area contributed by atoms with E-state index < -0.39 is 0 Å². The highest BCUT2D eigenvalue weighted by atomic mass is 16.5. The molecule has 0 fully saturated rings. The molecular weight excluding hydrogens is 160 g/mol. The van der Waals surface area contributed by atoms with Crippen molar-refractivity contribution in [3.05, 3.63) is 36.2 Å². The predicted molar refractivity (Wildman–Crippen MR) is 56.0 cm³/mol. The average Bonchev–Trinajstić information content (AvgIpc) is 2.15. The quantitative estimate of drug-likeness (QED) is 0.684. The van der Waals surface area contributed by atoms with Crippen LogP contribution in [-0.2, 0) is 0 Å². The normalized spacial score (nSPS) is 10.5. The molecule has 1 heteroatoms. The van der Waals surface area contributed by atoms with Crippen LogP contribution in [0.25, 0.3) is 0 Å². The number of hydrogen-bond acceptors (Lipinski definition) is 1. The fourth-order valence-corrected chi connectivity index (χ4v) is 1.13. The van der Waals surface area contributed by atoms with E-state index >= 15 is 0 Å². The van der Waals surface area contributed by atoms with Gasteiger partial charge in [-0.25, -0.2) is 0 Å². The van der Waals surface area contributed by atoms with Gasteiger partial charge in [0.25, 0.3) is 0 Å². The van der Waals surface area contributed by atoms with Crippen LogP contribution in [0.1, 0.15) is 32.3 Å². The molecule has 0 aliphatic heterocycles. The van der Waals surface area contributed by atoms with Crippen LogP contribution in [0, 0.1) is 6.42 Å². The lowest BCUT2D eigenvalue weighted by Crippen LogP contribution is -1.95. The molecule has 1 aromatic rings. The van der Waals surface area contributed by atoms with Crippen molar-refractivity contribution in [1.82, 2.24) is 0 Å². The highest BCUT2D eigenvalue weighted by Gasteiger charge is 1.98. The van der Waals surface area contributed by atoms with E-state index in [1.165, 1.54) is 5.56 Å². The Labute approximate surface area is 80.7 Å².